The molecule has 6 heteroatoms. The highest BCUT2D eigenvalue weighted by Crippen LogP contribution is 2.35. The molecular formula is C24H28FN3O2. The van der Waals surface area contributed by atoms with Gasteiger partial charge in [0.25, 0.3) is 0 Å². The SMILES string of the molecule is CC[C@H](O)CN(Cc1c(C)nn(-c2ccccc2)c1Oc1ccccc1F)C1CC1. The molecule has 0 saturated heterocycles. The average Bonchev–Trinajstić information content (AvgIpc) is 3.56. The molecule has 30 heavy (non-hydrogen) atoms. The van der Waals surface area contributed by atoms with E-state index in [1.54, 1.807) is 22.9 Å². The van der Waals surface area contributed by atoms with Gasteiger partial charge in [0.15, 0.2) is 11.6 Å². The summed E-state index contributed by atoms with van der Waals surface area (Å²) in [4.78, 5) is 2.29. The van der Waals surface area contributed by atoms with Gasteiger partial charge in [0.05, 0.1) is 23.0 Å². The lowest BCUT2D eigenvalue weighted by Gasteiger charge is -2.25. The maximum Gasteiger partial charge on any atom is 0.227 e. The Labute approximate surface area is 176 Å². The van der Waals surface area contributed by atoms with Crippen molar-refractivity contribution in [2.75, 3.05) is 6.54 Å². The van der Waals surface area contributed by atoms with Gasteiger partial charge in [-0.2, -0.15) is 5.10 Å². The number of ether oxygens (including phenoxy) is 1. The van der Waals surface area contributed by atoms with Gasteiger partial charge < -0.3 is 9.84 Å². The Morgan fingerprint density at radius 3 is 2.53 bits per heavy atom. The van der Waals surface area contributed by atoms with Crippen LogP contribution in [0.25, 0.3) is 5.69 Å². The molecule has 158 valence electrons. The Hall–Kier alpha value is -2.70. The van der Waals surface area contributed by atoms with E-state index in [2.05, 4.69) is 4.90 Å². The number of halogens is 1. The van der Waals surface area contributed by atoms with Crippen LogP contribution in [-0.4, -0.2) is 38.5 Å². The van der Waals surface area contributed by atoms with Crippen molar-refractivity contribution in [1.29, 1.82) is 0 Å². The molecule has 0 radical (unpaired) electrons. The number of benzene rings is 2. The highest BCUT2D eigenvalue weighted by molar-refractivity contribution is 5.43. The molecule has 0 unspecified atom stereocenters. The molecule has 1 aliphatic carbocycles. The van der Waals surface area contributed by atoms with Crippen LogP contribution in [0, 0.1) is 12.7 Å². The van der Waals surface area contributed by atoms with Crippen molar-refractivity contribution in [1.82, 2.24) is 14.7 Å². The van der Waals surface area contributed by atoms with Crippen molar-refractivity contribution in [3.05, 3.63) is 71.7 Å². The number of hydrogen-bond acceptors (Lipinski definition) is 4. The van der Waals surface area contributed by atoms with Crippen molar-refractivity contribution < 1.29 is 14.2 Å². The smallest absolute Gasteiger partial charge is 0.227 e. The van der Waals surface area contributed by atoms with Gasteiger partial charge in [-0.25, -0.2) is 9.07 Å². The summed E-state index contributed by atoms with van der Waals surface area (Å²) in [7, 11) is 0. The largest absolute Gasteiger partial charge is 0.435 e. The lowest BCUT2D eigenvalue weighted by molar-refractivity contribution is 0.100. The minimum Gasteiger partial charge on any atom is -0.435 e. The van der Waals surface area contributed by atoms with Crippen LogP contribution < -0.4 is 4.74 Å². The van der Waals surface area contributed by atoms with Crippen LogP contribution in [0.4, 0.5) is 4.39 Å². The van der Waals surface area contributed by atoms with E-state index in [-0.39, 0.29) is 11.9 Å². The first-order valence-electron chi connectivity index (χ1n) is 10.5. The fraction of sp³-hybridized carbons (Fsp3) is 0.375. The van der Waals surface area contributed by atoms with E-state index in [0.717, 1.165) is 29.8 Å². The predicted molar refractivity (Wildman–Crippen MR) is 115 cm³/mol. The summed E-state index contributed by atoms with van der Waals surface area (Å²) in [5, 5.41) is 15.0. The lowest BCUT2D eigenvalue weighted by Crippen LogP contribution is -2.33. The Morgan fingerprint density at radius 2 is 1.87 bits per heavy atom. The number of aromatic nitrogens is 2. The molecule has 3 aromatic rings. The third kappa shape index (κ3) is 4.55. The van der Waals surface area contributed by atoms with E-state index in [9.17, 15) is 9.50 Å². The van der Waals surface area contributed by atoms with Gasteiger partial charge >= 0.3 is 0 Å². The Bertz CT molecular complexity index is 985. The molecule has 1 saturated carbocycles. The first-order chi connectivity index (χ1) is 14.6. The highest BCUT2D eigenvalue weighted by Gasteiger charge is 2.32. The van der Waals surface area contributed by atoms with E-state index in [1.807, 2.05) is 44.2 Å². The molecule has 0 bridgehead atoms. The zero-order valence-corrected chi connectivity index (χ0v) is 17.5. The number of nitrogens with zero attached hydrogens (tertiary/aromatic N) is 3. The van der Waals surface area contributed by atoms with Gasteiger partial charge in [0, 0.05) is 19.1 Å². The van der Waals surface area contributed by atoms with E-state index in [4.69, 9.17) is 9.84 Å². The molecule has 1 atom stereocenters. The Morgan fingerprint density at radius 1 is 1.17 bits per heavy atom. The van der Waals surface area contributed by atoms with Crippen molar-refractivity contribution >= 4 is 0 Å². The van der Waals surface area contributed by atoms with Gasteiger partial charge in [-0.05, 0) is 50.5 Å². The first kappa shape index (κ1) is 20.6. The second-order valence-corrected chi connectivity index (χ2v) is 7.87. The number of aliphatic hydroxyl groups is 1. The summed E-state index contributed by atoms with van der Waals surface area (Å²) >= 11 is 0. The van der Waals surface area contributed by atoms with E-state index >= 15 is 0 Å². The summed E-state index contributed by atoms with van der Waals surface area (Å²) in [5.74, 6) is 0.269. The fourth-order valence-corrected chi connectivity index (χ4v) is 3.59. The number of rotatable bonds is 9. The van der Waals surface area contributed by atoms with Crippen LogP contribution in [0.3, 0.4) is 0 Å². The fourth-order valence-electron chi connectivity index (χ4n) is 3.59. The van der Waals surface area contributed by atoms with Crippen molar-refractivity contribution in [2.24, 2.45) is 0 Å². The zero-order chi connectivity index (χ0) is 21.1. The first-order valence-corrected chi connectivity index (χ1v) is 10.5. The Balaban J connectivity index is 1.73. The van der Waals surface area contributed by atoms with E-state index < -0.39 is 5.82 Å². The number of aliphatic hydroxyl groups excluding tert-OH is 1. The topological polar surface area (TPSA) is 50.5 Å². The van der Waals surface area contributed by atoms with Gasteiger partial charge in [-0.1, -0.05) is 37.3 Å². The highest BCUT2D eigenvalue weighted by atomic mass is 19.1. The summed E-state index contributed by atoms with van der Waals surface area (Å²) < 4.78 is 22.2. The number of para-hydroxylation sites is 2. The van der Waals surface area contributed by atoms with Crippen molar-refractivity contribution in [3.8, 4) is 17.3 Å². The third-order valence-corrected chi connectivity index (χ3v) is 5.52. The third-order valence-electron chi connectivity index (χ3n) is 5.52. The van der Waals surface area contributed by atoms with E-state index in [1.165, 1.54) is 6.07 Å². The van der Waals surface area contributed by atoms with Gasteiger partial charge in [0.2, 0.25) is 5.88 Å². The molecule has 1 aliphatic rings. The quantitative estimate of drug-likeness (QED) is 0.549. The molecule has 2 aromatic carbocycles. The Kier molecular flexibility index (Phi) is 6.16. The molecule has 5 nitrogen and oxygen atoms in total. The minimum atomic E-state index is -0.414. The van der Waals surface area contributed by atoms with Crippen molar-refractivity contribution in [3.63, 3.8) is 0 Å². The van der Waals surface area contributed by atoms with Crippen LogP contribution in [0.1, 0.15) is 37.4 Å². The normalized spacial score (nSPS) is 14.8. The maximum atomic E-state index is 14.4. The minimum absolute atomic E-state index is 0.169. The molecule has 1 fully saturated rings. The molecule has 0 amide bonds. The summed E-state index contributed by atoms with van der Waals surface area (Å²) in [6, 6.07) is 16.6. The van der Waals surface area contributed by atoms with Gasteiger partial charge in [-0.15, -0.1) is 0 Å². The van der Waals surface area contributed by atoms with E-state index in [0.29, 0.717) is 31.4 Å². The lowest BCUT2D eigenvalue weighted by atomic mass is 10.2. The molecule has 1 aromatic heterocycles. The van der Waals surface area contributed by atoms with Crippen LogP contribution in [0.15, 0.2) is 54.6 Å². The second kappa shape index (κ2) is 8.98. The van der Waals surface area contributed by atoms with Crippen LogP contribution >= 0.6 is 0 Å². The monoisotopic (exact) mass is 409 g/mol. The zero-order valence-electron chi connectivity index (χ0n) is 17.5. The molecular weight excluding hydrogens is 381 g/mol. The molecule has 4 rings (SSSR count). The number of aryl methyl sites for hydroxylation is 1. The summed E-state index contributed by atoms with van der Waals surface area (Å²) in [6.45, 7) is 5.14. The molecule has 1 N–H and O–H groups in total. The average molecular weight is 410 g/mol. The van der Waals surface area contributed by atoms with Gasteiger partial charge in [-0.3, -0.25) is 4.90 Å². The molecule has 1 heterocycles. The summed E-state index contributed by atoms with van der Waals surface area (Å²) in [5.41, 5.74) is 2.60. The van der Waals surface area contributed by atoms with Crippen LogP contribution in [0.5, 0.6) is 11.6 Å². The van der Waals surface area contributed by atoms with Crippen LogP contribution in [0.2, 0.25) is 0 Å². The van der Waals surface area contributed by atoms with Crippen molar-refractivity contribution in [2.45, 2.75) is 51.8 Å². The predicted octanol–water partition coefficient (Wildman–Crippen LogP) is 4.85. The second-order valence-electron chi connectivity index (χ2n) is 7.87. The standard InChI is InChI=1S/C24H28FN3O2/c1-3-20(29)15-27(18-13-14-18)16-21-17(2)26-28(19-9-5-4-6-10-19)24(21)30-23-12-8-7-11-22(23)25/h4-12,18,20,29H,3,13-16H2,1-2H3/t20-/m0/s1. The summed E-state index contributed by atoms with van der Waals surface area (Å²) in [6.07, 6.45) is 2.60. The van der Waals surface area contributed by atoms with Gasteiger partial charge in [0.1, 0.15) is 0 Å². The van der Waals surface area contributed by atoms with Crippen LogP contribution in [-0.2, 0) is 6.54 Å². The molecule has 0 aliphatic heterocycles. The maximum absolute atomic E-state index is 14.4. The number of hydrogen-bond donors (Lipinski definition) is 1. The molecule has 0 spiro atoms.